The smallest absolute Gasteiger partial charge is 0.314 e. The number of hydrogen-bond donors (Lipinski definition) is 2. The minimum absolute atomic E-state index is 0.309. The second-order valence-electron chi connectivity index (χ2n) is 4.30. The van der Waals surface area contributed by atoms with E-state index in [2.05, 4.69) is 10.6 Å². The van der Waals surface area contributed by atoms with E-state index < -0.39 is 0 Å². The van der Waals surface area contributed by atoms with Gasteiger partial charge in [-0.1, -0.05) is 30.3 Å². The fourth-order valence-electron chi connectivity index (χ4n) is 1.70. The third-order valence-corrected chi connectivity index (χ3v) is 2.73. The highest BCUT2D eigenvalue weighted by atomic mass is 19.1. The largest absolute Gasteiger partial charge is 0.323 e. The number of nitrogens with one attached hydrogen (secondary N) is 2. The van der Waals surface area contributed by atoms with Gasteiger partial charge in [-0.2, -0.15) is 0 Å². The molecule has 3 nitrogen and oxygen atoms in total. The number of benzene rings is 2. The van der Waals surface area contributed by atoms with Gasteiger partial charge in [0.2, 0.25) is 0 Å². The molecule has 0 bridgehead atoms. The van der Waals surface area contributed by atoms with Crippen molar-refractivity contribution in [3.8, 4) is 0 Å². The first kappa shape index (κ1) is 13.8. The molecule has 0 atom stereocenters. The van der Waals surface area contributed by atoms with Crippen LogP contribution in [-0.4, -0.2) is 6.03 Å². The molecule has 0 unspecified atom stereocenters. The van der Waals surface area contributed by atoms with Gasteiger partial charge >= 0.3 is 6.03 Å². The van der Waals surface area contributed by atoms with Crippen molar-refractivity contribution in [1.82, 2.24) is 5.32 Å². The van der Waals surface area contributed by atoms with Crippen LogP contribution in [0.3, 0.4) is 0 Å². The molecule has 2 amide bonds. The zero-order valence-corrected chi connectivity index (χ0v) is 11.1. The van der Waals surface area contributed by atoms with Gasteiger partial charge in [-0.15, -0.1) is 0 Å². The fourth-order valence-corrected chi connectivity index (χ4v) is 1.70. The Morgan fingerprint density at radius 3 is 2.70 bits per heavy atom. The van der Waals surface area contributed by atoms with Crippen LogP contribution in [0, 0.1) is 12.7 Å². The summed E-state index contributed by atoms with van der Waals surface area (Å²) in [5.74, 6) is -0.309. The van der Waals surface area contributed by atoms with Crippen molar-refractivity contribution in [3.63, 3.8) is 0 Å². The zero-order chi connectivity index (χ0) is 14.4. The minimum Gasteiger partial charge on any atom is -0.314 e. The molecule has 0 saturated carbocycles. The van der Waals surface area contributed by atoms with Gasteiger partial charge in [0.05, 0.1) is 0 Å². The molecule has 2 rings (SSSR count). The lowest BCUT2D eigenvalue weighted by atomic mass is 10.2. The summed E-state index contributed by atoms with van der Waals surface area (Å²) in [7, 11) is 0. The summed E-state index contributed by atoms with van der Waals surface area (Å²) in [4.78, 5) is 11.7. The summed E-state index contributed by atoms with van der Waals surface area (Å²) >= 11 is 0. The molecule has 0 saturated heterocycles. The Kier molecular flexibility index (Phi) is 4.50. The van der Waals surface area contributed by atoms with E-state index in [9.17, 15) is 9.18 Å². The van der Waals surface area contributed by atoms with Gasteiger partial charge in [-0.05, 0) is 42.3 Å². The summed E-state index contributed by atoms with van der Waals surface area (Å²) in [6.07, 6.45) is 3.10. The minimum atomic E-state index is -0.341. The van der Waals surface area contributed by atoms with E-state index >= 15 is 0 Å². The maximum Gasteiger partial charge on any atom is 0.323 e. The van der Waals surface area contributed by atoms with Crippen LogP contribution in [0.4, 0.5) is 14.9 Å². The number of amides is 2. The van der Waals surface area contributed by atoms with Crippen molar-refractivity contribution in [1.29, 1.82) is 0 Å². The number of rotatable bonds is 3. The van der Waals surface area contributed by atoms with E-state index in [1.165, 1.54) is 18.3 Å². The average Bonchev–Trinajstić information content (AvgIpc) is 2.41. The lowest BCUT2D eigenvalue weighted by Gasteiger charge is -2.07. The molecule has 0 aliphatic carbocycles. The monoisotopic (exact) mass is 270 g/mol. The molecule has 0 aromatic heterocycles. The summed E-state index contributed by atoms with van der Waals surface area (Å²) in [6.45, 7) is 1.91. The van der Waals surface area contributed by atoms with Crippen molar-refractivity contribution >= 4 is 17.8 Å². The number of carbonyl (C=O) groups excluding carboxylic acids is 1. The van der Waals surface area contributed by atoms with Crippen LogP contribution in [0.5, 0.6) is 0 Å². The highest BCUT2D eigenvalue weighted by Crippen LogP contribution is 2.12. The third-order valence-electron chi connectivity index (χ3n) is 2.73. The Bertz CT molecular complexity index is 638. The number of urea groups is 1. The van der Waals surface area contributed by atoms with Crippen LogP contribution in [0.2, 0.25) is 0 Å². The van der Waals surface area contributed by atoms with E-state index in [0.29, 0.717) is 5.56 Å². The summed E-state index contributed by atoms with van der Waals surface area (Å²) < 4.78 is 13.0. The number of para-hydroxylation sites is 1. The predicted octanol–water partition coefficient (Wildman–Crippen LogP) is 3.93. The molecule has 0 heterocycles. The van der Waals surface area contributed by atoms with E-state index in [-0.39, 0.29) is 11.8 Å². The van der Waals surface area contributed by atoms with Crippen molar-refractivity contribution in [2.24, 2.45) is 0 Å². The summed E-state index contributed by atoms with van der Waals surface area (Å²) in [5, 5.41) is 5.31. The Morgan fingerprint density at radius 2 is 1.95 bits per heavy atom. The van der Waals surface area contributed by atoms with Crippen molar-refractivity contribution in [2.45, 2.75) is 6.92 Å². The predicted molar refractivity (Wildman–Crippen MR) is 78.8 cm³/mol. The number of halogens is 1. The van der Waals surface area contributed by atoms with E-state index in [4.69, 9.17) is 0 Å². The molecule has 0 fully saturated rings. The van der Waals surface area contributed by atoms with E-state index in [1.807, 2.05) is 31.2 Å². The van der Waals surface area contributed by atoms with Crippen LogP contribution in [0.1, 0.15) is 11.1 Å². The second kappa shape index (κ2) is 6.52. The van der Waals surface area contributed by atoms with Crippen LogP contribution in [0.25, 0.3) is 6.08 Å². The molecule has 2 N–H and O–H groups in total. The van der Waals surface area contributed by atoms with Gasteiger partial charge < -0.3 is 10.6 Å². The Labute approximate surface area is 117 Å². The second-order valence-corrected chi connectivity index (χ2v) is 4.30. The molecule has 2 aromatic carbocycles. The number of anilines is 1. The van der Waals surface area contributed by atoms with Crippen LogP contribution < -0.4 is 10.6 Å². The molecular weight excluding hydrogens is 255 g/mol. The molecule has 0 aliphatic rings. The van der Waals surface area contributed by atoms with E-state index in [1.54, 1.807) is 18.2 Å². The van der Waals surface area contributed by atoms with Gasteiger partial charge in [-0.25, -0.2) is 9.18 Å². The molecule has 20 heavy (non-hydrogen) atoms. The number of carbonyl (C=O) groups is 1. The molecule has 4 heteroatoms. The molecule has 0 spiro atoms. The first-order valence-corrected chi connectivity index (χ1v) is 6.20. The van der Waals surface area contributed by atoms with Crippen molar-refractivity contribution < 1.29 is 9.18 Å². The van der Waals surface area contributed by atoms with Crippen molar-refractivity contribution in [2.75, 3.05) is 5.32 Å². The van der Waals surface area contributed by atoms with Gasteiger partial charge in [0.15, 0.2) is 0 Å². The molecule has 102 valence electrons. The highest BCUT2D eigenvalue weighted by molar-refractivity contribution is 5.91. The SMILES string of the molecule is Cc1ccccc1NC(=O)N/C=C/c1cccc(F)c1. The lowest BCUT2D eigenvalue weighted by Crippen LogP contribution is -2.24. The fraction of sp³-hybridized carbons (Fsp3) is 0.0625. The zero-order valence-electron chi connectivity index (χ0n) is 11.1. The molecule has 2 aromatic rings. The summed E-state index contributed by atoms with van der Waals surface area (Å²) in [6, 6.07) is 13.3. The standard InChI is InChI=1S/C16H15FN2O/c1-12-5-2-3-8-15(12)19-16(20)18-10-9-13-6-4-7-14(17)11-13/h2-11H,1H3,(H2,18,19,20)/b10-9+. The highest BCUT2D eigenvalue weighted by Gasteiger charge is 2.01. The van der Waals surface area contributed by atoms with Gasteiger partial charge in [0.1, 0.15) is 5.82 Å². The average molecular weight is 270 g/mol. The first-order valence-electron chi connectivity index (χ1n) is 6.20. The Balaban J connectivity index is 1.91. The van der Waals surface area contributed by atoms with Crippen LogP contribution >= 0.6 is 0 Å². The number of hydrogen-bond acceptors (Lipinski definition) is 1. The number of aryl methyl sites for hydroxylation is 1. The first-order chi connectivity index (χ1) is 9.65. The Hall–Kier alpha value is -2.62. The van der Waals surface area contributed by atoms with Crippen LogP contribution in [0.15, 0.2) is 54.7 Å². The topological polar surface area (TPSA) is 41.1 Å². The van der Waals surface area contributed by atoms with E-state index in [0.717, 1.165) is 11.3 Å². The maximum absolute atomic E-state index is 13.0. The normalized spacial score (nSPS) is 10.5. The maximum atomic E-state index is 13.0. The Morgan fingerprint density at radius 1 is 1.15 bits per heavy atom. The van der Waals surface area contributed by atoms with Gasteiger partial charge in [0, 0.05) is 11.9 Å². The molecular formula is C16H15FN2O. The van der Waals surface area contributed by atoms with Crippen molar-refractivity contribution in [3.05, 3.63) is 71.7 Å². The van der Waals surface area contributed by atoms with Gasteiger partial charge in [-0.3, -0.25) is 0 Å². The summed E-state index contributed by atoms with van der Waals surface area (Å²) in [5.41, 5.74) is 2.42. The quantitative estimate of drug-likeness (QED) is 0.871. The lowest BCUT2D eigenvalue weighted by molar-refractivity contribution is 0.255. The van der Waals surface area contributed by atoms with Gasteiger partial charge in [0.25, 0.3) is 0 Å². The van der Waals surface area contributed by atoms with Crippen LogP contribution in [-0.2, 0) is 0 Å². The molecule has 0 radical (unpaired) electrons. The molecule has 0 aliphatic heterocycles. The third kappa shape index (κ3) is 3.95.